The fourth-order valence-corrected chi connectivity index (χ4v) is 2.46. The van der Waals surface area contributed by atoms with Crippen molar-refractivity contribution in [3.8, 4) is 11.5 Å². The van der Waals surface area contributed by atoms with Crippen LogP contribution in [0.15, 0.2) is 42.5 Å². The van der Waals surface area contributed by atoms with Crippen LogP contribution in [0.5, 0.6) is 11.5 Å². The van der Waals surface area contributed by atoms with Crippen LogP contribution < -0.4 is 14.8 Å². The molecular formula is C17H19NO2. The first-order valence-electron chi connectivity index (χ1n) is 6.98. The molecule has 0 saturated carbocycles. The van der Waals surface area contributed by atoms with Crippen molar-refractivity contribution < 1.29 is 9.47 Å². The highest BCUT2D eigenvalue weighted by Gasteiger charge is 2.11. The van der Waals surface area contributed by atoms with Crippen molar-refractivity contribution in [2.75, 3.05) is 25.6 Å². The Morgan fingerprint density at radius 2 is 2.00 bits per heavy atom. The molecule has 1 aliphatic heterocycles. The van der Waals surface area contributed by atoms with Gasteiger partial charge in [-0.25, -0.2) is 0 Å². The Labute approximate surface area is 119 Å². The van der Waals surface area contributed by atoms with Crippen molar-refractivity contribution in [3.05, 3.63) is 53.6 Å². The molecule has 0 radical (unpaired) electrons. The van der Waals surface area contributed by atoms with Gasteiger partial charge in [-0.2, -0.15) is 0 Å². The van der Waals surface area contributed by atoms with Gasteiger partial charge < -0.3 is 14.8 Å². The number of fused-ring (bicyclic) bond motifs is 1. The zero-order valence-electron chi connectivity index (χ0n) is 11.7. The largest absolute Gasteiger partial charge is 0.497 e. The molecule has 1 heterocycles. The van der Waals surface area contributed by atoms with E-state index in [9.17, 15) is 0 Å². The van der Waals surface area contributed by atoms with Crippen molar-refractivity contribution in [2.45, 2.75) is 12.8 Å². The van der Waals surface area contributed by atoms with Crippen molar-refractivity contribution in [1.82, 2.24) is 0 Å². The molecule has 0 fully saturated rings. The van der Waals surface area contributed by atoms with E-state index in [4.69, 9.17) is 9.47 Å². The van der Waals surface area contributed by atoms with E-state index in [0.717, 1.165) is 43.2 Å². The van der Waals surface area contributed by atoms with Crippen LogP contribution in [0.2, 0.25) is 0 Å². The highest BCUT2D eigenvalue weighted by molar-refractivity contribution is 5.46. The Balaban J connectivity index is 1.54. The van der Waals surface area contributed by atoms with Gasteiger partial charge in [0, 0.05) is 18.7 Å². The molecule has 0 spiro atoms. The number of benzene rings is 2. The average molecular weight is 269 g/mol. The molecule has 0 unspecified atom stereocenters. The van der Waals surface area contributed by atoms with E-state index in [-0.39, 0.29) is 0 Å². The second-order valence-electron chi connectivity index (χ2n) is 4.95. The molecule has 0 bridgehead atoms. The second kappa shape index (κ2) is 5.87. The first-order valence-corrected chi connectivity index (χ1v) is 6.98. The molecule has 104 valence electrons. The Hall–Kier alpha value is -2.16. The van der Waals surface area contributed by atoms with Gasteiger partial charge in [0.15, 0.2) is 0 Å². The van der Waals surface area contributed by atoms with E-state index < -0.39 is 0 Å². The standard InChI is InChI=1S/C17H19NO2/c1-19-16-5-3-15(4-6-16)18-10-8-13-2-7-17-14(12-13)9-11-20-17/h2-7,12,18H,8-11H2,1H3. The molecular weight excluding hydrogens is 250 g/mol. The highest BCUT2D eigenvalue weighted by Crippen LogP contribution is 2.26. The van der Waals surface area contributed by atoms with Gasteiger partial charge >= 0.3 is 0 Å². The fourth-order valence-electron chi connectivity index (χ4n) is 2.46. The lowest BCUT2D eigenvalue weighted by Crippen LogP contribution is -2.04. The maximum absolute atomic E-state index is 5.52. The molecule has 3 nitrogen and oxygen atoms in total. The minimum absolute atomic E-state index is 0.822. The number of rotatable bonds is 5. The van der Waals surface area contributed by atoms with Crippen LogP contribution in [0, 0.1) is 0 Å². The molecule has 0 saturated heterocycles. The summed E-state index contributed by atoms with van der Waals surface area (Å²) in [6, 6.07) is 14.5. The van der Waals surface area contributed by atoms with Crippen molar-refractivity contribution >= 4 is 5.69 Å². The van der Waals surface area contributed by atoms with E-state index >= 15 is 0 Å². The third-order valence-electron chi connectivity index (χ3n) is 3.59. The lowest BCUT2D eigenvalue weighted by molar-refractivity contribution is 0.357. The lowest BCUT2D eigenvalue weighted by atomic mass is 10.1. The number of methoxy groups -OCH3 is 1. The number of hydrogen-bond donors (Lipinski definition) is 1. The molecule has 1 N–H and O–H groups in total. The van der Waals surface area contributed by atoms with Crippen molar-refractivity contribution in [3.63, 3.8) is 0 Å². The Bertz CT molecular complexity index is 578. The summed E-state index contributed by atoms with van der Waals surface area (Å²) in [6.45, 7) is 1.74. The van der Waals surface area contributed by atoms with Crippen LogP contribution >= 0.6 is 0 Å². The number of nitrogens with one attached hydrogen (secondary N) is 1. The first-order chi connectivity index (χ1) is 9.85. The molecule has 3 rings (SSSR count). The minimum Gasteiger partial charge on any atom is -0.497 e. The molecule has 20 heavy (non-hydrogen) atoms. The number of hydrogen-bond acceptors (Lipinski definition) is 3. The predicted octanol–water partition coefficient (Wildman–Crippen LogP) is 3.28. The van der Waals surface area contributed by atoms with E-state index in [1.807, 2.05) is 24.3 Å². The summed E-state index contributed by atoms with van der Waals surface area (Å²) in [6.07, 6.45) is 2.05. The van der Waals surface area contributed by atoms with Crippen LogP contribution in [0.4, 0.5) is 5.69 Å². The molecule has 1 aliphatic rings. The van der Waals surface area contributed by atoms with Crippen LogP contribution in [0.3, 0.4) is 0 Å². The summed E-state index contributed by atoms with van der Waals surface area (Å²) in [5.74, 6) is 1.94. The van der Waals surface area contributed by atoms with Crippen LogP contribution in [0.1, 0.15) is 11.1 Å². The zero-order valence-corrected chi connectivity index (χ0v) is 11.7. The monoisotopic (exact) mass is 269 g/mol. The maximum atomic E-state index is 5.52. The van der Waals surface area contributed by atoms with E-state index in [1.165, 1.54) is 11.1 Å². The molecule has 0 aliphatic carbocycles. The molecule has 0 atom stereocenters. The van der Waals surface area contributed by atoms with Crippen LogP contribution in [-0.4, -0.2) is 20.3 Å². The van der Waals surface area contributed by atoms with Crippen molar-refractivity contribution in [1.29, 1.82) is 0 Å². The normalized spacial score (nSPS) is 12.7. The summed E-state index contributed by atoms with van der Waals surface area (Å²) in [7, 11) is 1.68. The first kappa shape index (κ1) is 12.9. The topological polar surface area (TPSA) is 30.5 Å². The smallest absolute Gasteiger partial charge is 0.122 e. The SMILES string of the molecule is COc1ccc(NCCc2ccc3c(c2)CCO3)cc1. The molecule has 3 heteroatoms. The second-order valence-corrected chi connectivity index (χ2v) is 4.95. The van der Waals surface area contributed by atoms with Gasteiger partial charge in [0.05, 0.1) is 13.7 Å². The third kappa shape index (κ3) is 2.87. The lowest BCUT2D eigenvalue weighted by Gasteiger charge is -2.08. The summed E-state index contributed by atoms with van der Waals surface area (Å²) in [5.41, 5.74) is 3.82. The Kier molecular flexibility index (Phi) is 3.77. The Morgan fingerprint density at radius 1 is 1.15 bits per heavy atom. The van der Waals surface area contributed by atoms with Gasteiger partial charge in [0.25, 0.3) is 0 Å². The van der Waals surface area contributed by atoms with Gasteiger partial charge in [-0.05, 0) is 47.9 Å². The van der Waals surface area contributed by atoms with E-state index in [2.05, 4.69) is 23.5 Å². The highest BCUT2D eigenvalue weighted by atomic mass is 16.5. The Morgan fingerprint density at radius 3 is 2.80 bits per heavy atom. The third-order valence-corrected chi connectivity index (χ3v) is 3.59. The van der Waals surface area contributed by atoms with Gasteiger partial charge in [0.1, 0.15) is 11.5 Å². The fraction of sp³-hybridized carbons (Fsp3) is 0.294. The summed E-state index contributed by atoms with van der Waals surface area (Å²) in [4.78, 5) is 0. The van der Waals surface area contributed by atoms with Gasteiger partial charge in [-0.3, -0.25) is 0 Å². The maximum Gasteiger partial charge on any atom is 0.122 e. The summed E-state index contributed by atoms with van der Waals surface area (Å²) >= 11 is 0. The van der Waals surface area contributed by atoms with Crippen LogP contribution in [-0.2, 0) is 12.8 Å². The van der Waals surface area contributed by atoms with Gasteiger partial charge in [-0.15, -0.1) is 0 Å². The summed E-state index contributed by atoms with van der Waals surface area (Å²) < 4.78 is 10.7. The van der Waals surface area contributed by atoms with E-state index in [1.54, 1.807) is 7.11 Å². The average Bonchev–Trinajstić information content (AvgIpc) is 2.95. The van der Waals surface area contributed by atoms with Gasteiger partial charge in [-0.1, -0.05) is 12.1 Å². The van der Waals surface area contributed by atoms with Crippen molar-refractivity contribution in [2.24, 2.45) is 0 Å². The van der Waals surface area contributed by atoms with Gasteiger partial charge in [0.2, 0.25) is 0 Å². The van der Waals surface area contributed by atoms with Crippen LogP contribution in [0.25, 0.3) is 0 Å². The van der Waals surface area contributed by atoms with E-state index in [0.29, 0.717) is 0 Å². The minimum atomic E-state index is 0.822. The molecule has 0 amide bonds. The number of anilines is 1. The quantitative estimate of drug-likeness (QED) is 0.903. The molecule has 0 aromatic heterocycles. The predicted molar refractivity (Wildman–Crippen MR) is 80.8 cm³/mol. The zero-order chi connectivity index (χ0) is 13.8. The molecule has 2 aromatic rings. The summed E-state index contributed by atoms with van der Waals surface area (Å²) in [5, 5.41) is 3.43. The number of ether oxygens (including phenoxy) is 2. The molecule has 2 aromatic carbocycles.